The summed E-state index contributed by atoms with van der Waals surface area (Å²) in [5.74, 6) is -0.00421. The molecule has 0 N–H and O–H groups in total. The Labute approximate surface area is 76.8 Å². The molecule has 4 heteroatoms. The van der Waals surface area contributed by atoms with Gasteiger partial charge in [0.05, 0.1) is 0 Å². The van der Waals surface area contributed by atoms with Crippen LogP contribution in [-0.2, 0) is 9.59 Å². The minimum atomic E-state index is -0.317. The van der Waals surface area contributed by atoms with E-state index in [-0.39, 0.29) is 17.9 Å². The summed E-state index contributed by atoms with van der Waals surface area (Å²) in [6.07, 6.45) is 2.63. The van der Waals surface area contributed by atoms with Gasteiger partial charge in [-0.05, 0) is 13.3 Å². The molecule has 0 aliphatic carbocycles. The van der Waals surface area contributed by atoms with Crippen LogP contribution < -0.4 is 0 Å². The molecule has 1 unspecified atom stereocenters. The standard InChI is InChI=1S/C9H12N2O2/c1-6-8(12)11-5-3-4-7(11)9(13)10(6)2/h4,6H,3,5H2,1-2H3. The first-order chi connectivity index (χ1) is 6.13. The molecule has 0 bridgehead atoms. The van der Waals surface area contributed by atoms with Crippen molar-refractivity contribution < 1.29 is 9.59 Å². The number of carbonyl (C=O) groups is 2. The van der Waals surface area contributed by atoms with Crippen LogP contribution in [0.15, 0.2) is 11.8 Å². The van der Waals surface area contributed by atoms with Gasteiger partial charge in [-0.2, -0.15) is 0 Å². The van der Waals surface area contributed by atoms with Crippen molar-refractivity contribution in [3.8, 4) is 0 Å². The van der Waals surface area contributed by atoms with Crippen LogP contribution in [-0.4, -0.2) is 41.2 Å². The summed E-state index contributed by atoms with van der Waals surface area (Å²) < 4.78 is 0. The molecular weight excluding hydrogens is 168 g/mol. The Morgan fingerprint density at radius 3 is 2.85 bits per heavy atom. The van der Waals surface area contributed by atoms with E-state index in [0.717, 1.165) is 6.42 Å². The lowest BCUT2D eigenvalue weighted by Gasteiger charge is -2.35. The minimum absolute atomic E-state index is 0.0332. The number of likely N-dealkylation sites (N-methyl/N-ethyl adjacent to an activating group) is 1. The number of carbonyl (C=O) groups excluding carboxylic acids is 2. The van der Waals surface area contributed by atoms with Crippen LogP contribution in [0.25, 0.3) is 0 Å². The minimum Gasteiger partial charge on any atom is -0.329 e. The van der Waals surface area contributed by atoms with E-state index in [0.29, 0.717) is 12.2 Å². The van der Waals surface area contributed by atoms with Gasteiger partial charge < -0.3 is 9.80 Å². The fourth-order valence-corrected chi connectivity index (χ4v) is 1.74. The van der Waals surface area contributed by atoms with Gasteiger partial charge in [-0.25, -0.2) is 0 Å². The molecule has 4 nitrogen and oxygen atoms in total. The van der Waals surface area contributed by atoms with Gasteiger partial charge in [-0.1, -0.05) is 6.08 Å². The van der Waals surface area contributed by atoms with E-state index in [9.17, 15) is 9.59 Å². The van der Waals surface area contributed by atoms with E-state index in [1.54, 1.807) is 18.9 Å². The van der Waals surface area contributed by atoms with Gasteiger partial charge in [0.15, 0.2) is 0 Å². The molecule has 0 radical (unpaired) electrons. The van der Waals surface area contributed by atoms with Crippen molar-refractivity contribution >= 4 is 11.8 Å². The van der Waals surface area contributed by atoms with Gasteiger partial charge in [0, 0.05) is 13.6 Å². The van der Waals surface area contributed by atoms with Gasteiger partial charge in [0.2, 0.25) is 5.91 Å². The van der Waals surface area contributed by atoms with Crippen molar-refractivity contribution in [1.82, 2.24) is 9.80 Å². The third-order valence-electron chi connectivity index (χ3n) is 2.73. The molecule has 2 heterocycles. The molecule has 0 aromatic rings. The van der Waals surface area contributed by atoms with Gasteiger partial charge in [-0.15, -0.1) is 0 Å². The Hall–Kier alpha value is -1.32. The highest BCUT2D eigenvalue weighted by atomic mass is 16.2. The third-order valence-corrected chi connectivity index (χ3v) is 2.73. The van der Waals surface area contributed by atoms with E-state index >= 15 is 0 Å². The monoisotopic (exact) mass is 180 g/mol. The molecule has 2 aliphatic heterocycles. The highest BCUT2D eigenvalue weighted by Crippen LogP contribution is 2.24. The topological polar surface area (TPSA) is 40.6 Å². The van der Waals surface area contributed by atoms with Crippen LogP contribution in [0.4, 0.5) is 0 Å². The van der Waals surface area contributed by atoms with Gasteiger partial charge in [0.25, 0.3) is 5.91 Å². The fraction of sp³-hybridized carbons (Fsp3) is 0.556. The summed E-state index contributed by atoms with van der Waals surface area (Å²) in [6, 6.07) is -0.317. The predicted molar refractivity (Wildman–Crippen MR) is 46.6 cm³/mol. The third kappa shape index (κ3) is 0.978. The smallest absolute Gasteiger partial charge is 0.270 e. The number of fused-ring (bicyclic) bond motifs is 1. The molecule has 70 valence electrons. The SMILES string of the molecule is CC1C(=O)N2CCC=C2C(=O)N1C. The first-order valence-corrected chi connectivity index (χ1v) is 4.41. The lowest BCUT2D eigenvalue weighted by molar-refractivity contribution is -0.147. The molecule has 1 saturated heterocycles. The first kappa shape index (κ1) is 8.29. The number of rotatable bonds is 0. The van der Waals surface area contributed by atoms with Gasteiger partial charge in [0.1, 0.15) is 11.7 Å². The Balaban J connectivity index is 2.38. The molecule has 2 aliphatic rings. The first-order valence-electron chi connectivity index (χ1n) is 4.41. The van der Waals surface area contributed by atoms with Crippen LogP contribution in [0.5, 0.6) is 0 Å². The maximum atomic E-state index is 11.7. The van der Waals surface area contributed by atoms with Crippen molar-refractivity contribution in [2.75, 3.05) is 13.6 Å². The van der Waals surface area contributed by atoms with Crippen molar-refractivity contribution in [3.63, 3.8) is 0 Å². The van der Waals surface area contributed by atoms with Crippen molar-refractivity contribution in [1.29, 1.82) is 0 Å². The zero-order chi connectivity index (χ0) is 9.59. The summed E-state index contributed by atoms with van der Waals surface area (Å²) in [4.78, 5) is 26.4. The molecule has 1 atom stereocenters. The lowest BCUT2D eigenvalue weighted by Crippen LogP contribution is -2.54. The summed E-state index contributed by atoms with van der Waals surface area (Å²) in [5, 5.41) is 0. The Morgan fingerprint density at radius 2 is 2.15 bits per heavy atom. The van der Waals surface area contributed by atoms with E-state index in [2.05, 4.69) is 0 Å². The molecule has 0 aromatic heterocycles. The number of hydrogen-bond donors (Lipinski definition) is 0. The molecule has 2 amide bonds. The fourth-order valence-electron chi connectivity index (χ4n) is 1.74. The normalized spacial score (nSPS) is 27.8. The highest BCUT2D eigenvalue weighted by molar-refractivity contribution is 6.04. The quantitative estimate of drug-likeness (QED) is 0.525. The van der Waals surface area contributed by atoms with E-state index in [1.807, 2.05) is 6.08 Å². The second-order valence-electron chi connectivity index (χ2n) is 3.46. The molecule has 0 saturated carbocycles. The second kappa shape index (κ2) is 2.58. The van der Waals surface area contributed by atoms with Crippen molar-refractivity contribution in [2.24, 2.45) is 0 Å². The molecule has 1 fully saturated rings. The zero-order valence-corrected chi connectivity index (χ0v) is 7.78. The second-order valence-corrected chi connectivity index (χ2v) is 3.46. The largest absolute Gasteiger partial charge is 0.329 e. The van der Waals surface area contributed by atoms with Crippen LogP contribution in [0, 0.1) is 0 Å². The Kier molecular flexibility index (Phi) is 1.65. The Bertz CT molecular complexity index is 309. The molecule has 0 spiro atoms. The van der Waals surface area contributed by atoms with Crippen LogP contribution >= 0.6 is 0 Å². The summed E-state index contributed by atoms with van der Waals surface area (Å²) in [6.45, 7) is 2.42. The average Bonchev–Trinajstić information content (AvgIpc) is 2.59. The van der Waals surface area contributed by atoms with Crippen LogP contribution in [0.2, 0.25) is 0 Å². The van der Waals surface area contributed by atoms with Crippen LogP contribution in [0.3, 0.4) is 0 Å². The zero-order valence-electron chi connectivity index (χ0n) is 7.78. The summed E-state index contributed by atoms with van der Waals surface area (Å²) in [7, 11) is 1.67. The number of nitrogens with zero attached hydrogens (tertiary/aromatic N) is 2. The molecule has 0 aromatic carbocycles. The van der Waals surface area contributed by atoms with Crippen molar-refractivity contribution in [3.05, 3.63) is 11.8 Å². The predicted octanol–water partition coefficient (Wildman–Crippen LogP) is -0.0369. The summed E-state index contributed by atoms with van der Waals surface area (Å²) >= 11 is 0. The van der Waals surface area contributed by atoms with E-state index in [1.165, 1.54) is 4.90 Å². The Morgan fingerprint density at radius 1 is 1.46 bits per heavy atom. The molecular formula is C9H12N2O2. The van der Waals surface area contributed by atoms with Crippen LogP contribution in [0.1, 0.15) is 13.3 Å². The van der Waals surface area contributed by atoms with Gasteiger partial charge >= 0.3 is 0 Å². The number of amides is 2. The summed E-state index contributed by atoms with van der Waals surface area (Å²) in [5.41, 5.74) is 0.561. The average molecular weight is 180 g/mol. The number of hydrogen-bond acceptors (Lipinski definition) is 2. The highest BCUT2D eigenvalue weighted by Gasteiger charge is 2.39. The molecule has 2 rings (SSSR count). The maximum Gasteiger partial charge on any atom is 0.270 e. The maximum absolute atomic E-state index is 11.7. The van der Waals surface area contributed by atoms with Crippen molar-refractivity contribution in [2.45, 2.75) is 19.4 Å². The lowest BCUT2D eigenvalue weighted by atomic mass is 10.1. The van der Waals surface area contributed by atoms with E-state index < -0.39 is 0 Å². The molecule has 13 heavy (non-hydrogen) atoms. The number of piperazine rings is 1. The van der Waals surface area contributed by atoms with E-state index in [4.69, 9.17) is 0 Å². The van der Waals surface area contributed by atoms with Gasteiger partial charge in [-0.3, -0.25) is 9.59 Å².